The van der Waals surface area contributed by atoms with Gasteiger partial charge >= 0.3 is 0 Å². The van der Waals surface area contributed by atoms with Gasteiger partial charge in [0.1, 0.15) is 5.82 Å². The van der Waals surface area contributed by atoms with Crippen molar-refractivity contribution < 1.29 is 9.47 Å². The van der Waals surface area contributed by atoms with Gasteiger partial charge in [-0.05, 0) is 18.6 Å². The summed E-state index contributed by atoms with van der Waals surface area (Å²) in [4.78, 5) is 4.63. The van der Waals surface area contributed by atoms with Gasteiger partial charge < -0.3 is 14.8 Å². The van der Waals surface area contributed by atoms with Gasteiger partial charge in [-0.2, -0.15) is 0 Å². The monoisotopic (exact) mass is 272 g/mol. The largest absolute Gasteiger partial charge is 0.381 e. The number of fused-ring (bicyclic) bond motifs is 1. The van der Waals surface area contributed by atoms with E-state index in [1.807, 2.05) is 25.2 Å². The summed E-state index contributed by atoms with van der Waals surface area (Å²) in [6, 6.07) is 10.3. The molecular formula is C16H20N2O2. The van der Waals surface area contributed by atoms with E-state index in [0.717, 1.165) is 48.5 Å². The molecule has 106 valence electrons. The van der Waals surface area contributed by atoms with Crippen LogP contribution in [-0.2, 0) is 16.1 Å². The fraction of sp³-hybridized carbons (Fsp3) is 0.438. The molecule has 0 spiro atoms. The molecule has 1 aromatic carbocycles. The maximum atomic E-state index is 5.84. The van der Waals surface area contributed by atoms with E-state index in [9.17, 15) is 0 Å². The first-order valence-electron chi connectivity index (χ1n) is 7.08. The highest BCUT2D eigenvalue weighted by atomic mass is 16.5. The summed E-state index contributed by atoms with van der Waals surface area (Å²) < 4.78 is 11.2. The van der Waals surface area contributed by atoms with Crippen molar-refractivity contribution in [2.24, 2.45) is 5.92 Å². The Morgan fingerprint density at radius 2 is 2.30 bits per heavy atom. The number of benzene rings is 1. The summed E-state index contributed by atoms with van der Waals surface area (Å²) in [6.07, 6.45) is 1.11. The van der Waals surface area contributed by atoms with Crippen molar-refractivity contribution in [1.82, 2.24) is 4.98 Å². The average molecular weight is 272 g/mol. The van der Waals surface area contributed by atoms with Gasteiger partial charge in [0.05, 0.1) is 25.3 Å². The lowest BCUT2D eigenvalue weighted by Crippen LogP contribution is -2.10. The number of para-hydroxylation sites is 1. The van der Waals surface area contributed by atoms with Gasteiger partial charge in [0.25, 0.3) is 0 Å². The molecule has 4 nitrogen and oxygen atoms in total. The van der Waals surface area contributed by atoms with Crippen LogP contribution < -0.4 is 5.32 Å². The van der Waals surface area contributed by atoms with Crippen molar-refractivity contribution in [3.8, 4) is 0 Å². The maximum absolute atomic E-state index is 5.84. The zero-order valence-corrected chi connectivity index (χ0v) is 11.8. The summed E-state index contributed by atoms with van der Waals surface area (Å²) in [6.45, 7) is 3.04. The van der Waals surface area contributed by atoms with Crippen molar-refractivity contribution in [1.29, 1.82) is 0 Å². The Morgan fingerprint density at radius 3 is 3.10 bits per heavy atom. The Hall–Kier alpha value is -1.65. The van der Waals surface area contributed by atoms with E-state index in [1.54, 1.807) is 0 Å². The number of hydrogen-bond acceptors (Lipinski definition) is 4. The van der Waals surface area contributed by atoms with Crippen LogP contribution in [0.3, 0.4) is 0 Å². The van der Waals surface area contributed by atoms with E-state index >= 15 is 0 Å². The van der Waals surface area contributed by atoms with Crippen molar-refractivity contribution in [3.63, 3.8) is 0 Å². The molecule has 1 atom stereocenters. The normalized spacial score (nSPS) is 18.6. The zero-order chi connectivity index (χ0) is 13.8. The van der Waals surface area contributed by atoms with E-state index in [0.29, 0.717) is 12.5 Å². The Morgan fingerprint density at radius 1 is 1.40 bits per heavy atom. The van der Waals surface area contributed by atoms with Crippen LogP contribution in [0.4, 0.5) is 5.82 Å². The SMILES string of the molecule is CNc1nc2ccccc2cc1COCC1CCOC1. The lowest BCUT2D eigenvalue weighted by Gasteiger charge is -2.12. The van der Waals surface area contributed by atoms with Gasteiger partial charge in [-0.1, -0.05) is 18.2 Å². The summed E-state index contributed by atoms with van der Waals surface area (Å²) in [5.74, 6) is 1.44. The predicted octanol–water partition coefficient (Wildman–Crippen LogP) is 2.83. The van der Waals surface area contributed by atoms with Crippen LogP contribution in [0.2, 0.25) is 0 Å². The molecular weight excluding hydrogens is 252 g/mol. The summed E-state index contributed by atoms with van der Waals surface area (Å²) in [5.41, 5.74) is 2.11. The lowest BCUT2D eigenvalue weighted by atomic mass is 10.1. The molecule has 4 heteroatoms. The molecule has 0 amide bonds. The van der Waals surface area contributed by atoms with Crippen LogP contribution in [0.1, 0.15) is 12.0 Å². The number of ether oxygens (including phenoxy) is 2. The van der Waals surface area contributed by atoms with Crippen LogP contribution in [0.5, 0.6) is 0 Å². The second kappa shape index (κ2) is 6.20. The Kier molecular flexibility index (Phi) is 4.14. The first-order chi connectivity index (χ1) is 9.86. The zero-order valence-electron chi connectivity index (χ0n) is 11.8. The first-order valence-corrected chi connectivity index (χ1v) is 7.08. The molecule has 0 saturated carbocycles. The predicted molar refractivity (Wildman–Crippen MR) is 79.9 cm³/mol. The molecule has 1 fully saturated rings. The molecule has 0 bridgehead atoms. The smallest absolute Gasteiger partial charge is 0.131 e. The topological polar surface area (TPSA) is 43.4 Å². The molecule has 1 saturated heterocycles. The number of hydrogen-bond donors (Lipinski definition) is 1. The van der Waals surface area contributed by atoms with Gasteiger partial charge in [0, 0.05) is 30.5 Å². The molecule has 0 radical (unpaired) electrons. The quantitative estimate of drug-likeness (QED) is 0.909. The van der Waals surface area contributed by atoms with Gasteiger partial charge in [-0.15, -0.1) is 0 Å². The van der Waals surface area contributed by atoms with Crippen LogP contribution in [-0.4, -0.2) is 31.9 Å². The number of nitrogens with zero attached hydrogens (tertiary/aromatic N) is 1. The Labute approximate surface area is 119 Å². The maximum Gasteiger partial charge on any atom is 0.131 e. The van der Waals surface area contributed by atoms with E-state index in [-0.39, 0.29) is 0 Å². The molecule has 0 aliphatic carbocycles. The fourth-order valence-electron chi connectivity index (χ4n) is 2.54. The van der Waals surface area contributed by atoms with Crippen molar-refractivity contribution in [3.05, 3.63) is 35.9 Å². The van der Waals surface area contributed by atoms with E-state index in [2.05, 4.69) is 22.4 Å². The summed E-state index contributed by atoms with van der Waals surface area (Å²) >= 11 is 0. The van der Waals surface area contributed by atoms with E-state index in [1.165, 1.54) is 0 Å². The minimum Gasteiger partial charge on any atom is -0.381 e. The average Bonchev–Trinajstić information content (AvgIpc) is 3.00. The van der Waals surface area contributed by atoms with Gasteiger partial charge in [0.2, 0.25) is 0 Å². The lowest BCUT2D eigenvalue weighted by molar-refractivity contribution is 0.0794. The summed E-state index contributed by atoms with van der Waals surface area (Å²) in [7, 11) is 1.89. The highest BCUT2D eigenvalue weighted by molar-refractivity contribution is 5.81. The number of aromatic nitrogens is 1. The minimum absolute atomic E-state index is 0.543. The van der Waals surface area contributed by atoms with Crippen LogP contribution >= 0.6 is 0 Å². The highest BCUT2D eigenvalue weighted by Crippen LogP contribution is 2.21. The number of nitrogens with one attached hydrogen (secondary N) is 1. The van der Waals surface area contributed by atoms with E-state index in [4.69, 9.17) is 9.47 Å². The van der Waals surface area contributed by atoms with Crippen molar-refractivity contribution >= 4 is 16.7 Å². The number of pyridine rings is 1. The molecule has 2 aromatic rings. The second-order valence-electron chi connectivity index (χ2n) is 5.18. The Balaban J connectivity index is 1.72. The molecule has 3 rings (SSSR count). The summed E-state index contributed by atoms with van der Waals surface area (Å²) in [5, 5.41) is 4.30. The van der Waals surface area contributed by atoms with Crippen LogP contribution in [0.15, 0.2) is 30.3 Å². The molecule has 1 aliphatic heterocycles. The standard InChI is InChI=1S/C16H20N2O2/c1-17-16-14(11-20-10-12-6-7-19-9-12)8-13-4-2-3-5-15(13)18-16/h2-5,8,12H,6-7,9-11H2,1H3,(H,17,18). The number of rotatable bonds is 5. The van der Waals surface area contributed by atoms with Gasteiger partial charge in [-0.25, -0.2) is 4.98 Å². The van der Waals surface area contributed by atoms with Crippen LogP contribution in [0.25, 0.3) is 10.9 Å². The second-order valence-corrected chi connectivity index (χ2v) is 5.18. The van der Waals surface area contributed by atoms with Crippen LogP contribution in [0, 0.1) is 5.92 Å². The van der Waals surface area contributed by atoms with E-state index < -0.39 is 0 Å². The Bertz CT molecular complexity index is 580. The van der Waals surface area contributed by atoms with Crippen molar-refractivity contribution in [2.45, 2.75) is 13.0 Å². The molecule has 1 aromatic heterocycles. The highest BCUT2D eigenvalue weighted by Gasteiger charge is 2.16. The third kappa shape index (κ3) is 2.92. The van der Waals surface area contributed by atoms with Crippen molar-refractivity contribution in [2.75, 3.05) is 32.2 Å². The number of anilines is 1. The fourth-order valence-corrected chi connectivity index (χ4v) is 2.54. The third-order valence-corrected chi connectivity index (χ3v) is 3.67. The molecule has 20 heavy (non-hydrogen) atoms. The minimum atomic E-state index is 0.543. The van der Waals surface area contributed by atoms with Gasteiger partial charge in [0.15, 0.2) is 0 Å². The molecule has 2 heterocycles. The van der Waals surface area contributed by atoms with Gasteiger partial charge in [-0.3, -0.25) is 0 Å². The first kappa shape index (κ1) is 13.3. The molecule has 1 N–H and O–H groups in total. The third-order valence-electron chi connectivity index (χ3n) is 3.67. The molecule has 1 unspecified atom stereocenters. The molecule has 1 aliphatic rings.